The van der Waals surface area contributed by atoms with Gasteiger partial charge in [-0.15, -0.1) is 0 Å². The molecule has 1 saturated heterocycles. The van der Waals surface area contributed by atoms with Crippen LogP contribution in [0.3, 0.4) is 0 Å². The van der Waals surface area contributed by atoms with Crippen molar-refractivity contribution < 1.29 is 14.3 Å². The van der Waals surface area contributed by atoms with E-state index in [1.807, 2.05) is 17.0 Å². The van der Waals surface area contributed by atoms with Crippen LogP contribution in [0.5, 0.6) is 5.75 Å². The lowest BCUT2D eigenvalue weighted by molar-refractivity contribution is 0.0724. The Morgan fingerprint density at radius 1 is 0.839 bits per heavy atom. The van der Waals surface area contributed by atoms with Crippen molar-refractivity contribution in [3.05, 3.63) is 59.7 Å². The van der Waals surface area contributed by atoms with E-state index in [1.165, 1.54) is 32.1 Å². The maximum absolute atomic E-state index is 12.6. The highest BCUT2D eigenvalue weighted by Gasteiger charge is 2.18. The predicted octanol–water partition coefficient (Wildman–Crippen LogP) is 5.91. The molecule has 31 heavy (non-hydrogen) atoms. The number of piperidine rings is 1. The number of hydrogen-bond acceptors (Lipinski definition) is 3. The Hall–Kier alpha value is -2.82. The SMILES string of the molecule is CCCCCCCOc1ccc(C(=O)Nc2ccc(C(=O)N3CCCCC3)cc2)cc1. The van der Waals surface area contributed by atoms with Gasteiger partial charge in [-0.1, -0.05) is 32.6 Å². The maximum atomic E-state index is 12.6. The molecule has 0 spiro atoms. The van der Waals surface area contributed by atoms with E-state index < -0.39 is 0 Å². The predicted molar refractivity (Wildman–Crippen MR) is 125 cm³/mol. The fourth-order valence-corrected chi connectivity index (χ4v) is 3.78. The van der Waals surface area contributed by atoms with Crippen molar-refractivity contribution in [2.24, 2.45) is 0 Å². The van der Waals surface area contributed by atoms with E-state index in [0.717, 1.165) is 38.1 Å². The number of amides is 2. The molecule has 0 saturated carbocycles. The third kappa shape index (κ3) is 7.12. The van der Waals surface area contributed by atoms with Crippen molar-refractivity contribution in [3.8, 4) is 5.75 Å². The number of benzene rings is 2. The maximum Gasteiger partial charge on any atom is 0.255 e. The van der Waals surface area contributed by atoms with E-state index in [1.54, 1.807) is 36.4 Å². The van der Waals surface area contributed by atoms with Crippen molar-refractivity contribution in [2.75, 3.05) is 25.0 Å². The molecule has 2 aromatic rings. The van der Waals surface area contributed by atoms with E-state index >= 15 is 0 Å². The third-order valence-electron chi connectivity index (χ3n) is 5.67. The highest BCUT2D eigenvalue weighted by atomic mass is 16.5. The molecule has 2 aromatic carbocycles. The van der Waals surface area contributed by atoms with Gasteiger partial charge in [0.15, 0.2) is 0 Å². The Labute approximate surface area is 185 Å². The molecule has 5 nitrogen and oxygen atoms in total. The van der Waals surface area contributed by atoms with Crippen LogP contribution in [0, 0.1) is 0 Å². The second kappa shape index (κ2) is 12.1. The van der Waals surface area contributed by atoms with Crippen molar-refractivity contribution in [3.63, 3.8) is 0 Å². The lowest BCUT2D eigenvalue weighted by Gasteiger charge is -2.26. The molecule has 1 aliphatic heterocycles. The summed E-state index contributed by atoms with van der Waals surface area (Å²) in [5, 5.41) is 2.89. The number of ether oxygens (including phenoxy) is 1. The van der Waals surface area contributed by atoms with Crippen LogP contribution in [0.1, 0.15) is 79.0 Å². The van der Waals surface area contributed by atoms with E-state index in [-0.39, 0.29) is 11.8 Å². The average Bonchev–Trinajstić information content (AvgIpc) is 2.82. The smallest absolute Gasteiger partial charge is 0.255 e. The number of unbranched alkanes of at least 4 members (excludes halogenated alkanes) is 4. The van der Waals surface area contributed by atoms with Crippen LogP contribution < -0.4 is 10.1 Å². The molecule has 1 fully saturated rings. The van der Waals surface area contributed by atoms with Crippen LogP contribution in [0.25, 0.3) is 0 Å². The van der Waals surface area contributed by atoms with E-state index in [2.05, 4.69) is 12.2 Å². The molecular weight excluding hydrogens is 388 g/mol. The van der Waals surface area contributed by atoms with Gasteiger partial charge in [0.25, 0.3) is 11.8 Å². The minimum absolute atomic E-state index is 0.0681. The van der Waals surface area contributed by atoms with Gasteiger partial charge in [-0.05, 0) is 74.2 Å². The highest BCUT2D eigenvalue weighted by molar-refractivity contribution is 6.04. The monoisotopic (exact) mass is 422 g/mol. The van der Waals surface area contributed by atoms with Gasteiger partial charge in [-0.25, -0.2) is 0 Å². The number of hydrogen-bond donors (Lipinski definition) is 1. The summed E-state index contributed by atoms with van der Waals surface area (Å²) in [5.74, 6) is 0.673. The zero-order valence-electron chi connectivity index (χ0n) is 18.6. The molecule has 0 bridgehead atoms. The summed E-state index contributed by atoms with van der Waals surface area (Å²) in [6, 6.07) is 14.3. The first-order valence-electron chi connectivity index (χ1n) is 11.6. The van der Waals surface area contributed by atoms with Crippen LogP contribution in [0.15, 0.2) is 48.5 Å². The first-order chi connectivity index (χ1) is 15.2. The molecule has 0 aliphatic carbocycles. The zero-order chi connectivity index (χ0) is 21.9. The Bertz CT molecular complexity index is 825. The van der Waals surface area contributed by atoms with Crippen LogP contribution in [-0.2, 0) is 0 Å². The highest BCUT2D eigenvalue weighted by Crippen LogP contribution is 2.18. The number of carbonyl (C=O) groups excluding carboxylic acids is 2. The summed E-state index contributed by atoms with van der Waals surface area (Å²) in [7, 11) is 0. The van der Waals surface area contributed by atoms with Gasteiger partial charge in [0.05, 0.1) is 6.61 Å². The normalized spacial score (nSPS) is 13.6. The molecule has 0 unspecified atom stereocenters. The fraction of sp³-hybridized carbons (Fsp3) is 0.462. The van der Waals surface area contributed by atoms with Crippen LogP contribution in [0.2, 0.25) is 0 Å². The lowest BCUT2D eigenvalue weighted by Crippen LogP contribution is -2.35. The molecule has 0 radical (unpaired) electrons. The second-order valence-corrected chi connectivity index (χ2v) is 8.17. The van der Waals surface area contributed by atoms with Gasteiger partial charge in [0, 0.05) is 29.9 Å². The fourth-order valence-electron chi connectivity index (χ4n) is 3.78. The summed E-state index contributed by atoms with van der Waals surface area (Å²) >= 11 is 0. The summed E-state index contributed by atoms with van der Waals surface area (Å²) in [4.78, 5) is 27.0. The van der Waals surface area contributed by atoms with Gasteiger partial charge in [0.1, 0.15) is 5.75 Å². The molecule has 2 amide bonds. The lowest BCUT2D eigenvalue weighted by atomic mass is 10.1. The molecule has 1 heterocycles. The Morgan fingerprint density at radius 3 is 2.16 bits per heavy atom. The number of carbonyl (C=O) groups is 2. The first kappa shape index (κ1) is 22.9. The van der Waals surface area contributed by atoms with Gasteiger partial charge in [-0.3, -0.25) is 9.59 Å². The Balaban J connectivity index is 1.46. The summed E-state index contributed by atoms with van der Waals surface area (Å²) in [6.45, 7) is 4.57. The number of rotatable bonds is 10. The molecule has 1 N–H and O–H groups in total. The Kier molecular flexibility index (Phi) is 8.95. The van der Waals surface area contributed by atoms with Crippen molar-refractivity contribution in [1.29, 1.82) is 0 Å². The number of nitrogens with one attached hydrogen (secondary N) is 1. The quantitative estimate of drug-likeness (QED) is 0.484. The summed E-state index contributed by atoms with van der Waals surface area (Å²) in [6.07, 6.45) is 9.36. The zero-order valence-corrected chi connectivity index (χ0v) is 18.6. The number of anilines is 1. The molecule has 1 aliphatic rings. The molecule has 5 heteroatoms. The molecule has 166 valence electrons. The molecule has 0 atom stereocenters. The summed E-state index contributed by atoms with van der Waals surface area (Å²) in [5.41, 5.74) is 1.91. The van der Waals surface area contributed by atoms with Crippen LogP contribution >= 0.6 is 0 Å². The number of nitrogens with zero attached hydrogens (tertiary/aromatic N) is 1. The van der Waals surface area contributed by atoms with E-state index in [0.29, 0.717) is 23.4 Å². The van der Waals surface area contributed by atoms with Gasteiger partial charge in [-0.2, -0.15) is 0 Å². The first-order valence-corrected chi connectivity index (χ1v) is 11.6. The minimum atomic E-state index is -0.179. The standard InChI is InChI=1S/C26H34N2O3/c1-2-3-4-5-9-20-31-24-16-12-21(13-17-24)25(29)27-23-14-10-22(11-15-23)26(30)28-18-7-6-8-19-28/h10-17H,2-9,18-20H2,1H3,(H,27,29). The van der Waals surface area contributed by atoms with Crippen LogP contribution in [-0.4, -0.2) is 36.4 Å². The average molecular weight is 423 g/mol. The molecule has 3 rings (SSSR count). The van der Waals surface area contributed by atoms with Gasteiger partial charge < -0.3 is 15.0 Å². The Morgan fingerprint density at radius 2 is 1.48 bits per heavy atom. The summed E-state index contributed by atoms with van der Waals surface area (Å²) < 4.78 is 5.76. The van der Waals surface area contributed by atoms with Crippen molar-refractivity contribution in [2.45, 2.75) is 58.3 Å². The largest absolute Gasteiger partial charge is 0.494 e. The minimum Gasteiger partial charge on any atom is -0.494 e. The molecule has 0 aromatic heterocycles. The molecular formula is C26H34N2O3. The topological polar surface area (TPSA) is 58.6 Å². The third-order valence-corrected chi connectivity index (χ3v) is 5.67. The van der Waals surface area contributed by atoms with E-state index in [9.17, 15) is 9.59 Å². The number of likely N-dealkylation sites (tertiary alicyclic amines) is 1. The van der Waals surface area contributed by atoms with Crippen molar-refractivity contribution >= 4 is 17.5 Å². The van der Waals surface area contributed by atoms with Gasteiger partial charge >= 0.3 is 0 Å². The van der Waals surface area contributed by atoms with Crippen LogP contribution in [0.4, 0.5) is 5.69 Å². The van der Waals surface area contributed by atoms with Gasteiger partial charge in [0.2, 0.25) is 0 Å². The van der Waals surface area contributed by atoms with E-state index in [4.69, 9.17) is 4.74 Å². The van der Waals surface area contributed by atoms with Crippen molar-refractivity contribution in [1.82, 2.24) is 4.90 Å². The second-order valence-electron chi connectivity index (χ2n) is 8.17.